The average molecular weight is 411 g/mol. The number of benzene rings is 1. The molecule has 4 rings (SSSR count). The number of carbonyl (C=O) groups is 2. The summed E-state index contributed by atoms with van der Waals surface area (Å²) in [7, 11) is 0. The van der Waals surface area contributed by atoms with Crippen molar-refractivity contribution in [3.05, 3.63) is 74.7 Å². The van der Waals surface area contributed by atoms with Crippen LogP contribution >= 0.6 is 22.7 Å². The first-order chi connectivity index (χ1) is 13.5. The van der Waals surface area contributed by atoms with Crippen molar-refractivity contribution in [1.82, 2.24) is 9.55 Å². The van der Waals surface area contributed by atoms with Crippen molar-refractivity contribution >= 4 is 44.6 Å². The minimum Gasteiger partial charge on any atom is -0.454 e. The number of carbonyl (C=O) groups excluding carboxylic acids is 2. The van der Waals surface area contributed by atoms with E-state index in [-0.39, 0.29) is 12.4 Å². The van der Waals surface area contributed by atoms with Gasteiger partial charge in [-0.05, 0) is 49.6 Å². The first kappa shape index (κ1) is 18.6. The zero-order valence-corrected chi connectivity index (χ0v) is 17.1. The Morgan fingerprint density at radius 3 is 2.79 bits per heavy atom. The van der Waals surface area contributed by atoms with Crippen LogP contribution in [0.3, 0.4) is 0 Å². The van der Waals surface area contributed by atoms with E-state index < -0.39 is 5.97 Å². The van der Waals surface area contributed by atoms with Gasteiger partial charge in [-0.15, -0.1) is 22.7 Å². The van der Waals surface area contributed by atoms with Gasteiger partial charge in [0.25, 0.3) is 0 Å². The number of ketones is 1. The standard InChI is InChI=1S/C21H18N2O3S2/c1-13-8-17(14(2)23(13)10-16-4-3-7-27-16)19(24)11-26-21(25)15-5-6-18-20(9-15)28-12-22-18/h3-9,12H,10-11H2,1-2H3. The Labute approximate surface area is 170 Å². The molecule has 3 heterocycles. The Kier molecular flexibility index (Phi) is 5.11. The molecule has 0 atom stereocenters. The predicted octanol–water partition coefficient (Wildman–Crippen LogP) is 4.86. The molecule has 0 fully saturated rings. The third kappa shape index (κ3) is 3.63. The number of hydrogen-bond acceptors (Lipinski definition) is 6. The summed E-state index contributed by atoms with van der Waals surface area (Å²) in [6.45, 7) is 4.36. The van der Waals surface area contributed by atoms with Gasteiger partial charge in [-0.1, -0.05) is 6.07 Å². The quantitative estimate of drug-likeness (QED) is 0.336. The zero-order valence-electron chi connectivity index (χ0n) is 15.5. The van der Waals surface area contributed by atoms with Crippen LogP contribution in [0.25, 0.3) is 10.2 Å². The first-order valence-corrected chi connectivity index (χ1v) is 10.5. The van der Waals surface area contributed by atoms with Gasteiger partial charge in [0.2, 0.25) is 5.78 Å². The largest absolute Gasteiger partial charge is 0.454 e. The van der Waals surface area contributed by atoms with Crippen LogP contribution in [0.15, 0.2) is 47.3 Å². The van der Waals surface area contributed by atoms with E-state index in [0.29, 0.717) is 11.1 Å². The van der Waals surface area contributed by atoms with Crippen molar-refractivity contribution in [2.45, 2.75) is 20.4 Å². The van der Waals surface area contributed by atoms with Crippen LogP contribution in [-0.2, 0) is 11.3 Å². The molecule has 1 aromatic carbocycles. The molecule has 0 bridgehead atoms. The molecule has 0 saturated carbocycles. The fourth-order valence-electron chi connectivity index (χ4n) is 3.16. The summed E-state index contributed by atoms with van der Waals surface area (Å²) in [5.41, 5.74) is 5.49. The molecule has 0 spiro atoms. The van der Waals surface area contributed by atoms with E-state index in [1.54, 1.807) is 35.0 Å². The summed E-state index contributed by atoms with van der Waals surface area (Å²) in [5, 5.41) is 2.04. The van der Waals surface area contributed by atoms with Gasteiger partial charge in [-0.3, -0.25) is 4.79 Å². The molecule has 0 aliphatic carbocycles. The number of thiophene rings is 1. The Morgan fingerprint density at radius 2 is 2.00 bits per heavy atom. The van der Waals surface area contributed by atoms with Crippen LogP contribution in [-0.4, -0.2) is 27.9 Å². The second kappa shape index (κ2) is 7.69. The summed E-state index contributed by atoms with van der Waals surface area (Å²) in [6, 6.07) is 11.1. The molecule has 0 amide bonds. The van der Waals surface area contributed by atoms with Crippen LogP contribution < -0.4 is 0 Å². The molecule has 0 aliphatic heterocycles. The van der Waals surface area contributed by atoms with Gasteiger partial charge < -0.3 is 9.30 Å². The van der Waals surface area contributed by atoms with Crippen LogP contribution in [0.2, 0.25) is 0 Å². The maximum atomic E-state index is 12.6. The monoisotopic (exact) mass is 410 g/mol. The number of esters is 1. The van der Waals surface area contributed by atoms with E-state index in [1.807, 2.05) is 31.4 Å². The molecule has 4 aromatic rings. The van der Waals surface area contributed by atoms with Crippen LogP contribution in [0.4, 0.5) is 0 Å². The minimum absolute atomic E-state index is 0.197. The fourth-order valence-corrected chi connectivity index (χ4v) is 4.57. The Balaban J connectivity index is 1.45. The lowest BCUT2D eigenvalue weighted by Crippen LogP contribution is -2.15. The molecule has 0 radical (unpaired) electrons. The van der Waals surface area contributed by atoms with Gasteiger partial charge in [0.15, 0.2) is 6.61 Å². The fraction of sp³-hybridized carbons (Fsp3) is 0.190. The second-order valence-electron chi connectivity index (χ2n) is 6.48. The molecule has 7 heteroatoms. The number of ether oxygens (including phenoxy) is 1. The number of thiazole rings is 1. The molecular weight excluding hydrogens is 392 g/mol. The maximum Gasteiger partial charge on any atom is 0.338 e. The Hall–Kier alpha value is -2.77. The summed E-state index contributed by atoms with van der Waals surface area (Å²) in [5.74, 6) is -0.700. The van der Waals surface area contributed by atoms with Gasteiger partial charge in [0.05, 0.1) is 27.8 Å². The van der Waals surface area contributed by atoms with E-state index in [2.05, 4.69) is 15.6 Å². The molecule has 0 saturated heterocycles. The summed E-state index contributed by atoms with van der Waals surface area (Å²) in [4.78, 5) is 30.4. The normalized spacial score (nSPS) is 11.1. The van der Waals surface area contributed by atoms with Crippen LogP contribution in [0, 0.1) is 13.8 Å². The third-order valence-corrected chi connectivity index (χ3v) is 6.32. The van der Waals surface area contributed by atoms with Crippen molar-refractivity contribution in [2.75, 3.05) is 6.61 Å². The molecule has 3 aromatic heterocycles. The lowest BCUT2D eigenvalue weighted by molar-refractivity contribution is 0.0474. The smallest absolute Gasteiger partial charge is 0.338 e. The Morgan fingerprint density at radius 1 is 1.14 bits per heavy atom. The zero-order chi connectivity index (χ0) is 19.7. The average Bonchev–Trinajstić information content (AvgIpc) is 3.42. The van der Waals surface area contributed by atoms with Crippen LogP contribution in [0.1, 0.15) is 37.0 Å². The van der Waals surface area contributed by atoms with Crippen molar-refractivity contribution in [2.24, 2.45) is 0 Å². The van der Waals surface area contributed by atoms with Gasteiger partial charge in [-0.2, -0.15) is 0 Å². The lowest BCUT2D eigenvalue weighted by atomic mass is 10.1. The molecule has 142 valence electrons. The highest BCUT2D eigenvalue weighted by molar-refractivity contribution is 7.16. The molecular formula is C21H18N2O3S2. The highest BCUT2D eigenvalue weighted by atomic mass is 32.1. The SMILES string of the molecule is Cc1cc(C(=O)COC(=O)c2ccc3ncsc3c2)c(C)n1Cc1cccs1. The predicted molar refractivity (Wildman–Crippen MR) is 112 cm³/mol. The van der Waals surface area contributed by atoms with Crippen molar-refractivity contribution in [3.8, 4) is 0 Å². The highest BCUT2D eigenvalue weighted by Gasteiger charge is 2.18. The van der Waals surface area contributed by atoms with Gasteiger partial charge >= 0.3 is 5.97 Å². The highest BCUT2D eigenvalue weighted by Crippen LogP contribution is 2.21. The molecule has 0 unspecified atom stereocenters. The maximum absolute atomic E-state index is 12.6. The summed E-state index contributed by atoms with van der Waals surface area (Å²) >= 11 is 3.15. The number of Topliss-reactive ketones (excluding diaryl/α,β-unsaturated/α-hetero) is 1. The number of aryl methyl sites for hydroxylation is 1. The summed E-state index contributed by atoms with van der Waals surface area (Å²) < 4.78 is 8.29. The second-order valence-corrected chi connectivity index (χ2v) is 8.40. The van der Waals surface area contributed by atoms with Gasteiger partial charge in [0.1, 0.15) is 0 Å². The van der Waals surface area contributed by atoms with E-state index in [4.69, 9.17) is 4.74 Å². The molecule has 28 heavy (non-hydrogen) atoms. The van der Waals surface area contributed by atoms with Crippen LogP contribution in [0.5, 0.6) is 0 Å². The first-order valence-electron chi connectivity index (χ1n) is 8.75. The third-order valence-electron chi connectivity index (χ3n) is 4.67. The lowest BCUT2D eigenvalue weighted by Gasteiger charge is -2.08. The van der Waals surface area contributed by atoms with E-state index in [0.717, 1.165) is 28.1 Å². The number of aromatic nitrogens is 2. The molecule has 0 N–H and O–H groups in total. The van der Waals surface area contributed by atoms with Crippen molar-refractivity contribution < 1.29 is 14.3 Å². The van der Waals surface area contributed by atoms with Gasteiger partial charge in [-0.25, -0.2) is 9.78 Å². The van der Waals surface area contributed by atoms with E-state index in [9.17, 15) is 9.59 Å². The summed E-state index contributed by atoms with van der Waals surface area (Å²) in [6.07, 6.45) is 0. The molecule has 5 nitrogen and oxygen atoms in total. The van der Waals surface area contributed by atoms with Crippen molar-refractivity contribution in [3.63, 3.8) is 0 Å². The molecule has 0 aliphatic rings. The van der Waals surface area contributed by atoms with E-state index >= 15 is 0 Å². The number of nitrogens with zero attached hydrogens (tertiary/aromatic N) is 2. The van der Waals surface area contributed by atoms with Gasteiger partial charge in [0, 0.05) is 21.8 Å². The number of hydrogen-bond donors (Lipinski definition) is 0. The topological polar surface area (TPSA) is 61.2 Å². The Bertz CT molecular complexity index is 1160. The minimum atomic E-state index is -0.504. The number of fused-ring (bicyclic) bond motifs is 1. The van der Waals surface area contributed by atoms with E-state index in [1.165, 1.54) is 16.2 Å². The van der Waals surface area contributed by atoms with Crippen molar-refractivity contribution in [1.29, 1.82) is 0 Å². The number of rotatable bonds is 6.